The largest absolute Gasteiger partial charge is 0.478 e. The van der Waals surface area contributed by atoms with Crippen LogP contribution in [0, 0.1) is 0 Å². The van der Waals surface area contributed by atoms with Gasteiger partial charge in [-0.05, 0) is 25.5 Å². The summed E-state index contributed by atoms with van der Waals surface area (Å²) in [6, 6.07) is 2.02. The Kier molecular flexibility index (Phi) is 3.48. The van der Waals surface area contributed by atoms with Gasteiger partial charge in [-0.15, -0.1) is 0 Å². The van der Waals surface area contributed by atoms with Crippen LogP contribution in [0.3, 0.4) is 0 Å². The summed E-state index contributed by atoms with van der Waals surface area (Å²) in [7, 11) is 0. The number of pyridine rings is 1. The van der Waals surface area contributed by atoms with E-state index in [9.17, 15) is 9.90 Å². The van der Waals surface area contributed by atoms with Gasteiger partial charge in [0, 0.05) is 25.7 Å². The number of hydrogen-bond acceptors (Lipinski definition) is 5. The molecule has 1 unspecified atom stereocenters. The van der Waals surface area contributed by atoms with Crippen LogP contribution in [0.4, 0.5) is 11.5 Å². The number of rotatable bonds is 2. The van der Waals surface area contributed by atoms with Gasteiger partial charge in [0.1, 0.15) is 11.4 Å². The average molecular weight is 276 g/mol. The van der Waals surface area contributed by atoms with Crippen molar-refractivity contribution in [2.24, 2.45) is 0 Å². The van der Waals surface area contributed by atoms with Crippen LogP contribution in [0.1, 0.15) is 29.6 Å². The fraction of sp³-hybridized carbons (Fsp3) is 0.571. The molecule has 0 saturated carbocycles. The molecule has 3 N–H and O–H groups in total. The summed E-state index contributed by atoms with van der Waals surface area (Å²) in [6.07, 6.45) is 5.26. The van der Waals surface area contributed by atoms with Gasteiger partial charge in [-0.25, -0.2) is 9.78 Å². The molecule has 0 aliphatic carbocycles. The van der Waals surface area contributed by atoms with E-state index in [0.29, 0.717) is 17.5 Å². The Morgan fingerprint density at radius 2 is 2.20 bits per heavy atom. The Morgan fingerprint density at radius 3 is 3.00 bits per heavy atom. The zero-order chi connectivity index (χ0) is 14.1. The van der Waals surface area contributed by atoms with Crippen molar-refractivity contribution in [1.82, 2.24) is 9.88 Å². The Hall–Kier alpha value is -1.82. The minimum Gasteiger partial charge on any atom is -0.478 e. The molecule has 3 heterocycles. The first-order chi connectivity index (χ1) is 9.65. The van der Waals surface area contributed by atoms with Gasteiger partial charge < -0.3 is 15.7 Å². The summed E-state index contributed by atoms with van der Waals surface area (Å²) >= 11 is 0. The van der Waals surface area contributed by atoms with Crippen LogP contribution in [0.15, 0.2) is 12.3 Å². The number of nitrogen functional groups attached to an aromatic ring is 1. The zero-order valence-corrected chi connectivity index (χ0v) is 11.5. The molecule has 108 valence electrons. The molecule has 0 spiro atoms. The van der Waals surface area contributed by atoms with Gasteiger partial charge >= 0.3 is 5.97 Å². The van der Waals surface area contributed by atoms with E-state index in [1.807, 2.05) is 0 Å². The van der Waals surface area contributed by atoms with E-state index >= 15 is 0 Å². The van der Waals surface area contributed by atoms with E-state index in [1.54, 1.807) is 0 Å². The Morgan fingerprint density at radius 1 is 1.35 bits per heavy atom. The van der Waals surface area contributed by atoms with E-state index in [1.165, 1.54) is 38.1 Å². The molecule has 0 radical (unpaired) electrons. The Balaban J connectivity index is 1.84. The number of nitrogens with two attached hydrogens (primary N) is 1. The lowest BCUT2D eigenvalue weighted by atomic mass is 9.99. The maximum Gasteiger partial charge on any atom is 0.339 e. The third-order valence-corrected chi connectivity index (χ3v) is 4.26. The van der Waals surface area contributed by atoms with Gasteiger partial charge in [0.05, 0.1) is 11.9 Å². The molecule has 6 nitrogen and oxygen atoms in total. The Labute approximate surface area is 118 Å². The second-order valence-corrected chi connectivity index (χ2v) is 5.58. The number of carbonyl (C=O) groups is 1. The first kappa shape index (κ1) is 13.2. The molecule has 2 aliphatic heterocycles. The number of piperazine rings is 1. The molecule has 2 fully saturated rings. The van der Waals surface area contributed by atoms with Crippen molar-refractivity contribution in [3.63, 3.8) is 0 Å². The summed E-state index contributed by atoms with van der Waals surface area (Å²) in [5.41, 5.74) is 6.24. The third kappa shape index (κ3) is 2.43. The summed E-state index contributed by atoms with van der Waals surface area (Å²) in [5.74, 6) is -0.414. The van der Waals surface area contributed by atoms with Crippen LogP contribution in [0.2, 0.25) is 0 Å². The molecular weight excluding hydrogens is 256 g/mol. The first-order valence-corrected chi connectivity index (χ1v) is 7.13. The van der Waals surface area contributed by atoms with Crippen LogP contribution in [0.25, 0.3) is 0 Å². The zero-order valence-electron chi connectivity index (χ0n) is 11.5. The normalized spacial score (nSPS) is 23.4. The van der Waals surface area contributed by atoms with Crippen LogP contribution >= 0.6 is 0 Å². The number of aromatic nitrogens is 1. The molecular formula is C14H20N4O2. The fourth-order valence-electron chi connectivity index (χ4n) is 3.23. The van der Waals surface area contributed by atoms with Gasteiger partial charge in [-0.3, -0.25) is 4.90 Å². The number of carboxylic acid groups (broad SMARTS) is 1. The van der Waals surface area contributed by atoms with Crippen molar-refractivity contribution < 1.29 is 9.90 Å². The molecule has 6 heteroatoms. The summed E-state index contributed by atoms with van der Waals surface area (Å²) in [5, 5.41) is 9.32. The van der Waals surface area contributed by atoms with E-state index in [-0.39, 0.29) is 5.56 Å². The van der Waals surface area contributed by atoms with Crippen molar-refractivity contribution in [3.05, 3.63) is 17.8 Å². The monoisotopic (exact) mass is 276 g/mol. The van der Waals surface area contributed by atoms with Gasteiger partial charge in [-0.1, -0.05) is 6.42 Å². The minimum absolute atomic E-state index is 0.203. The molecule has 2 saturated heterocycles. The van der Waals surface area contributed by atoms with E-state index < -0.39 is 5.97 Å². The standard InChI is InChI=1S/C14H20N4O2/c15-10-7-12(14(19)20)13(16-8-10)18-6-5-17-4-2-1-3-11(17)9-18/h7-8,11H,1-6,9,15H2,(H,19,20). The molecule has 3 rings (SSSR count). The predicted octanol–water partition coefficient (Wildman–Crippen LogP) is 1.04. The fourth-order valence-corrected chi connectivity index (χ4v) is 3.23. The lowest BCUT2D eigenvalue weighted by Crippen LogP contribution is -2.55. The highest BCUT2D eigenvalue weighted by molar-refractivity contribution is 5.94. The van der Waals surface area contributed by atoms with Crippen molar-refractivity contribution in [2.45, 2.75) is 25.3 Å². The van der Waals surface area contributed by atoms with Crippen molar-refractivity contribution in [2.75, 3.05) is 36.8 Å². The van der Waals surface area contributed by atoms with E-state index in [4.69, 9.17) is 5.73 Å². The smallest absolute Gasteiger partial charge is 0.339 e. The molecule has 1 aromatic rings. The highest BCUT2D eigenvalue weighted by atomic mass is 16.4. The number of anilines is 2. The van der Waals surface area contributed by atoms with E-state index in [2.05, 4.69) is 14.8 Å². The van der Waals surface area contributed by atoms with Crippen LogP contribution in [0.5, 0.6) is 0 Å². The molecule has 0 bridgehead atoms. The van der Waals surface area contributed by atoms with Crippen molar-refractivity contribution in [1.29, 1.82) is 0 Å². The number of aromatic carboxylic acids is 1. The summed E-state index contributed by atoms with van der Waals surface area (Å²) in [4.78, 5) is 20.2. The Bertz CT molecular complexity index is 520. The number of fused-ring (bicyclic) bond motifs is 1. The lowest BCUT2D eigenvalue weighted by Gasteiger charge is -2.44. The third-order valence-electron chi connectivity index (χ3n) is 4.26. The SMILES string of the molecule is Nc1cnc(N2CCN3CCCCC3C2)c(C(=O)O)c1. The van der Waals surface area contributed by atoms with Crippen molar-refractivity contribution >= 4 is 17.5 Å². The van der Waals surface area contributed by atoms with Gasteiger partial charge in [-0.2, -0.15) is 0 Å². The van der Waals surface area contributed by atoms with Gasteiger partial charge in [0.2, 0.25) is 0 Å². The highest BCUT2D eigenvalue weighted by Crippen LogP contribution is 2.26. The summed E-state index contributed by atoms with van der Waals surface area (Å²) < 4.78 is 0. The van der Waals surface area contributed by atoms with Gasteiger partial charge in [0.25, 0.3) is 0 Å². The number of piperidine rings is 1. The summed E-state index contributed by atoms with van der Waals surface area (Å²) in [6.45, 7) is 3.83. The van der Waals surface area contributed by atoms with Crippen LogP contribution < -0.4 is 10.6 Å². The van der Waals surface area contributed by atoms with Crippen LogP contribution in [-0.2, 0) is 0 Å². The quantitative estimate of drug-likeness (QED) is 0.839. The lowest BCUT2D eigenvalue weighted by molar-refractivity contribution is 0.0696. The molecule has 1 aromatic heterocycles. The number of nitrogens with zero attached hydrogens (tertiary/aromatic N) is 3. The maximum absolute atomic E-state index is 11.4. The molecule has 0 aromatic carbocycles. The molecule has 2 aliphatic rings. The van der Waals surface area contributed by atoms with E-state index in [0.717, 1.165) is 19.6 Å². The molecule has 1 atom stereocenters. The number of carboxylic acids is 1. The molecule has 0 amide bonds. The maximum atomic E-state index is 11.4. The topological polar surface area (TPSA) is 82.7 Å². The number of hydrogen-bond donors (Lipinski definition) is 2. The van der Waals surface area contributed by atoms with Crippen LogP contribution in [-0.4, -0.2) is 53.2 Å². The second kappa shape index (κ2) is 5.28. The molecule has 20 heavy (non-hydrogen) atoms. The van der Waals surface area contributed by atoms with Crippen molar-refractivity contribution in [3.8, 4) is 0 Å². The predicted molar refractivity (Wildman–Crippen MR) is 77.0 cm³/mol. The van der Waals surface area contributed by atoms with Gasteiger partial charge in [0.15, 0.2) is 0 Å². The average Bonchev–Trinajstić information content (AvgIpc) is 2.46. The minimum atomic E-state index is -0.967. The first-order valence-electron chi connectivity index (χ1n) is 7.13. The second-order valence-electron chi connectivity index (χ2n) is 5.58. The highest BCUT2D eigenvalue weighted by Gasteiger charge is 2.31.